The summed E-state index contributed by atoms with van der Waals surface area (Å²) in [4.78, 5) is 4.51. The molecule has 2 aromatic carbocycles. The van der Waals surface area contributed by atoms with E-state index in [9.17, 15) is 0 Å². The third kappa shape index (κ3) is 9.17. The van der Waals surface area contributed by atoms with Crippen LogP contribution in [0, 0.1) is 0 Å². The van der Waals surface area contributed by atoms with Crippen molar-refractivity contribution >= 4 is 12.2 Å². The van der Waals surface area contributed by atoms with Crippen LogP contribution in [0.25, 0.3) is 23.5 Å². The molecule has 34 heavy (non-hydrogen) atoms. The first kappa shape index (κ1) is 25.7. The average molecular weight is 461 g/mol. The third-order valence-corrected chi connectivity index (χ3v) is 6.04. The van der Waals surface area contributed by atoms with Crippen molar-refractivity contribution in [2.45, 2.75) is 84.5 Å². The molecule has 0 atom stereocenters. The van der Waals surface area contributed by atoms with Crippen LogP contribution in [0.3, 0.4) is 0 Å². The molecule has 0 unspecified atom stereocenters. The van der Waals surface area contributed by atoms with Gasteiger partial charge in [0.05, 0.1) is 6.61 Å². The van der Waals surface area contributed by atoms with Crippen molar-refractivity contribution in [3.8, 4) is 17.1 Å². The maximum atomic E-state index is 5.84. The minimum Gasteiger partial charge on any atom is -0.494 e. The Bertz CT molecular complexity index is 958. The fourth-order valence-electron chi connectivity index (χ4n) is 3.91. The first-order valence-electron chi connectivity index (χ1n) is 13.1. The van der Waals surface area contributed by atoms with Gasteiger partial charge in [0, 0.05) is 11.6 Å². The lowest BCUT2D eigenvalue weighted by atomic mass is 10.0. The van der Waals surface area contributed by atoms with Crippen molar-refractivity contribution in [3.05, 3.63) is 65.5 Å². The van der Waals surface area contributed by atoms with Crippen molar-refractivity contribution in [2.75, 3.05) is 6.61 Å². The van der Waals surface area contributed by atoms with Gasteiger partial charge >= 0.3 is 0 Å². The molecule has 0 spiro atoms. The van der Waals surface area contributed by atoms with Crippen molar-refractivity contribution in [3.63, 3.8) is 0 Å². The lowest BCUT2D eigenvalue weighted by molar-refractivity contribution is 0.304. The van der Waals surface area contributed by atoms with E-state index in [1.807, 2.05) is 36.4 Å². The van der Waals surface area contributed by atoms with Gasteiger partial charge in [-0.1, -0.05) is 94.6 Å². The van der Waals surface area contributed by atoms with Crippen LogP contribution in [0.4, 0.5) is 0 Å². The number of ether oxygens (including phenoxy) is 1. The van der Waals surface area contributed by atoms with E-state index in [2.05, 4.69) is 48.3 Å². The number of nitrogens with zero attached hydrogens (tertiary/aromatic N) is 2. The summed E-state index contributed by atoms with van der Waals surface area (Å²) in [6.07, 6.45) is 17.8. The van der Waals surface area contributed by atoms with E-state index in [4.69, 9.17) is 9.26 Å². The SMILES string of the molecule is CCCCCCCOc1ccc(-c2noc(/C=C/c3ccc(CCCCCCC)cc3)n2)cc1. The smallest absolute Gasteiger partial charge is 0.250 e. The molecule has 1 aromatic heterocycles. The molecule has 0 aliphatic rings. The molecular weight excluding hydrogens is 420 g/mol. The quantitative estimate of drug-likeness (QED) is 0.200. The van der Waals surface area contributed by atoms with Gasteiger partial charge in [-0.2, -0.15) is 4.98 Å². The second-order valence-electron chi connectivity index (χ2n) is 8.98. The monoisotopic (exact) mass is 460 g/mol. The van der Waals surface area contributed by atoms with Gasteiger partial charge in [0.25, 0.3) is 5.89 Å². The average Bonchev–Trinajstić information content (AvgIpc) is 3.35. The predicted molar refractivity (Wildman–Crippen MR) is 142 cm³/mol. The summed E-state index contributed by atoms with van der Waals surface area (Å²) < 4.78 is 11.3. The highest BCUT2D eigenvalue weighted by molar-refractivity contribution is 5.67. The molecule has 0 aliphatic carbocycles. The zero-order valence-electron chi connectivity index (χ0n) is 21.0. The largest absolute Gasteiger partial charge is 0.494 e. The Hall–Kier alpha value is -2.88. The number of benzene rings is 2. The summed E-state index contributed by atoms with van der Waals surface area (Å²) in [6.45, 7) is 5.25. The molecule has 4 heteroatoms. The predicted octanol–water partition coefficient (Wildman–Crippen LogP) is 8.77. The van der Waals surface area contributed by atoms with Crippen molar-refractivity contribution in [1.82, 2.24) is 10.1 Å². The van der Waals surface area contributed by atoms with Crippen LogP contribution in [0.15, 0.2) is 53.1 Å². The van der Waals surface area contributed by atoms with Gasteiger partial charge in [0.15, 0.2) is 0 Å². The first-order chi connectivity index (χ1) is 16.8. The zero-order chi connectivity index (χ0) is 23.8. The number of aryl methyl sites for hydroxylation is 1. The molecule has 0 aliphatic heterocycles. The Balaban J connectivity index is 1.44. The van der Waals surface area contributed by atoms with E-state index in [0.717, 1.165) is 36.3 Å². The summed E-state index contributed by atoms with van der Waals surface area (Å²) in [6, 6.07) is 16.6. The lowest BCUT2D eigenvalue weighted by Gasteiger charge is -2.06. The van der Waals surface area contributed by atoms with Crippen LogP contribution in [0.5, 0.6) is 5.75 Å². The second kappa shape index (κ2) is 15.1. The first-order valence-corrected chi connectivity index (χ1v) is 13.1. The number of hydrogen-bond acceptors (Lipinski definition) is 4. The molecule has 0 radical (unpaired) electrons. The highest BCUT2D eigenvalue weighted by Gasteiger charge is 2.07. The topological polar surface area (TPSA) is 48.2 Å². The van der Waals surface area contributed by atoms with E-state index in [1.165, 1.54) is 63.4 Å². The maximum Gasteiger partial charge on any atom is 0.250 e. The second-order valence-corrected chi connectivity index (χ2v) is 8.98. The van der Waals surface area contributed by atoms with Gasteiger partial charge in [-0.05, 0) is 60.7 Å². The molecular formula is C30H40N2O2. The number of unbranched alkanes of at least 4 members (excludes halogenated alkanes) is 8. The Morgan fingerprint density at radius 1 is 0.735 bits per heavy atom. The summed E-state index contributed by atoms with van der Waals surface area (Å²) in [5, 5.41) is 4.12. The molecule has 3 aromatic rings. The minimum absolute atomic E-state index is 0.502. The minimum atomic E-state index is 0.502. The van der Waals surface area contributed by atoms with Crippen LogP contribution in [-0.4, -0.2) is 16.7 Å². The standard InChI is InChI=1S/C30H40N2O2/c1-3-5-7-9-11-13-25-14-16-26(17-15-25)18-23-29-31-30(32-34-29)27-19-21-28(22-20-27)33-24-12-10-8-6-4-2/h14-23H,3-13,24H2,1-2H3/b23-18+. The van der Waals surface area contributed by atoms with E-state index < -0.39 is 0 Å². The molecule has 3 rings (SSSR count). The highest BCUT2D eigenvalue weighted by Crippen LogP contribution is 2.21. The van der Waals surface area contributed by atoms with Gasteiger partial charge in [0.2, 0.25) is 5.82 Å². The van der Waals surface area contributed by atoms with E-state index in [1.54, 1.807) is 0 Å². The number of hydrogen-bond donors (Lipinski definition) is 0. The molecule has 0 bridgehead atoms. The van der Waals surface area contributed by atoms with Crippen molar-refractivity contribution < 1.29 is 9.26 Å². The van der Waals surface area contributed by atoms with E-state index >= 15 is 0 Å². The molecule has 1 heterocycles. The number of rotatable bonds is 16. The number of aromatic nitrogens is 2. The third-order valence-electron chi connectivity index (χ3n) is 6.04. The van der Waals surface area contributed by atoms with Crippen LogP contribution in [0.1, 0.15) is 95.1 Å². The summed E-state index contributed by atoms with van der Waals surface area (Å²) in [5.74, 6) is 1.97. The van der Waals surface area contributed by atoms with Crippen molar-refractivity contribution in [2.24, 2.45) is 0 Å². The van der Waals surface area contributed by atoms with Gasteiger partial charge < -0.3 is 9.26 Å². The van der Waals surface area contributed by atoms with Crippen LogP contribution >= 0.6 is 0 Å². The van der Waals surface area contributed by atoms with Crippen LogP contribution in [-0.2, 0) is 6.42 Å². The molecule has 0 fully saturated rings. The molecule has 182 valence electrons. The Morgan fingerprint density at radius 2 is 1.41 bits per heavy atom. The van der Waals surface area contributed by atoms with Gasteiger partial charge in [-0.15, -0.1) is 0 Å². The van der Waals surface area contributed by atoms with Gasteiger partial charge in [-0.3, -0.25) is 0 Å². The molecule has 4 nitrogen and oxygen atoms in total. The Morgan fingerprint density at radius 3 is 2.12 bits per heavy atom. The van der Waals surface area contributed by atoms with Crippen LogP contribution in [0.2, 0.25) is 0 Å². The summed E-state index contributed by atoms with van der Waals surface area (Å²) in [7, 11) is 0. The molecule has 0 saturated heterocycles. The normalized spacial score (nSPS) is 11.4. The van der Waals surface area contributed by atoms with E-state index in [-0.39, 0.29) is 0 Å². The molecule has 0 amide bonds. The fourth-order valence-corrected chi connectivity index (χ4v) is 3.91. The highest BCUT2D eigenvalue weighted by atomic mass is 16.5. The van der Waals surface area contributed by atoms with E-state index in [0.29, 0.717) is 11.7 Å². The molecule has 0 N–H and O–H groups in total. The fraction of sp³-hybridized carbons (Fsp3) is 0.467. The van der Waals surface area contributed by atoms with Crippen LogP contribution < -0.4 is 4.74 Å². The Kier molecular flexibility index (Phi) is 11.4. The summed E-state index contributed by atoms with van der Waals surface area (Å²) >= 11 is 0. The Labute approximate surface area is 205 Å². The molecule has 0 saturated carbocycles. The van der Waals surface area contributed by atoms with Gasteiger partial charge in [0.1, 0.15) is 5.75 Å². The summed E-state index contributed by atoms with van der Waals surface area (Å²) in [5.41, 5.74) is 3.45. The van der Waals surface area contributed by atoms with Gasteiger partial charge in [-0.25, -0.2) is 0 Å². The lowest BCUT2D eigenvalue weighted by Crippen LogP contribution is -1.97. The zero-order valence-corrected chi connectivity index (χ0v) is 21.0. The van der Waals surface area contributed by atoms with Crippen molar-refractivity contribution in [1.29, 1.82) is 0 Å². The maximum absolute atomic E-state index is 5.84.